The lowest BCUT2D eigenvalue weighted by molar-refractivity contribution is -0.108. The van der Waals surface area contributed by atoms with Crippen molar-refractivity contribution in [2.24, 2.45) is 0 Å². The van der Waals surface area contributed by atoms with Gasteiger partial charge in [0.25, 0.3) is 0 Å². The predicted molar refractivity (Wildman–Crippen MR) is 23.6 cm³/mol. The highest BCUT2D eigenvalue weighted by atomic mass is 16.3. The summed E-state index contributed by atoms with van der Waals surface area (Å²) in [6.07, 6.45) is 0.238. The summed E-state index contributed by atoms with van der Waals surface area (Å²) in [6, 6.07) is -0.222. The molecule has 0 amide bonds. The Morgan fingerprint density at radius 1 is 1.86 bits per heavy atom. The topological polar surface area (TPSA) is 40.3 Å². The van der Waals surface area contributed by atoms with Crippen LogP contribution in [0, 0.1) is 0 Å². The van der Waals surface area contributed by atoms with Crippen molar-refractivity contribution in [3.05, 3.63) is 0 Å². The second-order valence-corrected chi connectivity index (χ2v) is 1.71. The van der Waals surface area contributed by atoms with Gasteiger partial charge in [-0.15, -0.1) is 0 Å². The molecule has 3 atom stereocenters. The Morgan fingerprint density at radius 2 is 2.29 bits per heavy atom. The molecule has 1 fully saturated rings. The minimum Gasteiger partial charge on any atom is -0.376 e. The number of aldehydes is 1. The third kappa shape index (κ3) is 0.536. The highest BCUT2D eigenvalue weighted by Gasteiger charge is 2.42. The van der Waals surface area contributed by atoms with Gasteiger partial charge in [0, 0.05) is 0 Å². The summed E-state index contributed by atoms with van der Waals surface area (Å²) in [7, 11) is 1.70. The molecule has 0 saturated carbocycles. The van der Waals surface area contributed by atoms with Crippen molar-refractivity contribution in [1.82, 2.24) is 4.90 Å². The fourth-order valence-electron chi connectivity index (χ4n) is 0.512. The number of carbonyl (C=O) groups excluding carboxylic acids is 1. The van der Waals surface area contributed by atoms with Gasteiger partial charge in [-0.3, -0.25) is 4.90 Å². The van der Waals surface area contributed by atoms with Crippen LogP contribution in [0.5, 0.6) is 0 Å². The van der Waals surface area contributed by atoms with E-state index in [2.05, 4.69) is 0 Å². The van der Waals surface area contributed by atoms with Crippen LogP contribution < -0.4 is 0 Å². The Balaban J connectivity index is 2.37. The second-order valence-electron chi connectivity index (χ2n) is 1.71. The lowest BCUT2D eigenvalue weighted by atomic mass is 10.5. The van der Waals surface area contributed by atoms with Crippen molar-refractivity contribution in [2.75, 3.05) is 7.05 Å². The van der Waals surface area contributed by atoms with Crippen molar-refractivity contribution in [1.29, 1.82) is 0 Å². The van der Waals surface area contributed by atoms with Gasteiger partial charge in [-0.2, -0.15) is 0 Å². The predicted octanol–water partition coefficient (Wildman–Crippen LogP) is -1.18. The molecule has 1 saturated heterocycles. The third-order valence-corrected chi connectivity index (χ3v) is 1.24. The molecule has 1 N–H and O–H groups in total. The number of aliphatic hydroxyl groups excluding tert-OH is 1. The van der Waals surface area contributed by atoms with Crippen LogP contribution in [-0.2, 0) is 4.79 Å². The largest absolute Gasteiger partial charge is 0.376 e. The molecule has 1 heterocycles. The van der Waals surface area contributed by atoms with E-state index in [0.717, 1.165) is 6.29 Å². The Labute approximate surface area is 41.5 Å². The van der Waals surface area contributed by atoms with Crippen LogP contribution in [0.1, 0.15) is 0 Å². The first-order valence-corrected chi connectivity index (χ1v) is 2.12. The average molecular weight is 101 g/mol. The van der Waals surface area contributed by atoms with Crippen molar-refractivity contribution >= 4 is 6.29 Å². The minimum absolute atomic E-state index is 0.222. The highest BCUT2D eigenvalue weighted by molar-refractivity contribution is 5.62. The zero-order valence-electron chi connectivity index (χ0n) is 4.03. The van der Waals surface area contributed by atoms with E-state index in [4.69, 9.17) is 5.11 Å². The Morgan fingerprint density at radius 3 is 2.29 bits per heavy atom. The van der Waals surface area contributed by atoms with E-state index >= 15 is 0 Å². The molecule has 1 aliphatic heterocycles. The number of aliphatic hydroxyl groups is 1. The summed E-state index contributed by atoms with van der Waals surface area (Å²) in [5.41, 5.74) is 0. The van der Waals surface area contributed by atoms with Gasteiger partial charge in [0.2, 0.25) is 0 Å². The molecule has 0 aliphatic carbocycles. The molecule has 1 aliphatic rings. The first-order valence-electron chi connectivity index (χ1n) is 2.12. The van der Waals surface area contributed by atoms with E-state index < -0.39 is 6.23 Å². The molecule has 1 unspecified atom stereocenters. The van der Waals surface area contributed by atoms with E-state index in [9.17, 15) is 4.79 Å². The maximum atomic E-state index is 9.79. The van der Waals surface area contributed by atoms with Crippen molar-refractivity contribution in [3.8, 4) is 0 Å². The number of likely N-dealkylation sites (N-methyl/N-ethyl adjacent to an activating group) is 1. The zero-order valence-corrected chi connectivity index (χ0v) is 4.03. The molecule has 3 heteroatoms. The molecule has 7 heavy (non-hydrogen) atoms. The van der Waals surface area contributed by atoms with Crippen LogP contribution in [0.4, 0.5) is 0 Å². The number of nitrogens with zero attached hydrogens (tertiary/aromatic N) is 1. The van der Waals surface area contributed by atoms with Crippen LogP contribution >= 0.6 is 0 Å². The van der Waals surface area contributed by atoms with Crippen molar-refractivity contribution < 1.29 is 9.90 Å². The first kappa shape index (κ1) is 4.74. The Hall–Kier alpha value is -0.410. The van der Waals surface area contributed by atoms with Gasteiger partial charge >= 0.3 is 0 Å². The molecule has 1 rings (SSSR count). The molecule has 0 aromatic heterocycles. The fraction of sp³-hybridized carbons (Fsp3) is 0.750. The standard InChI is InChI=1S/C4H7NO2/c1-5-3(2-6)4(5)7/h2-4,7H,1H3/t3-,4+,5?/m0/s1. The molecule has 40 valence electrons. The van der Waals surface area contributed by atoms with Gasteiger partial charge in [-0.1, -0.05) is 0 Å². The molecule has 0 radical (unpaired) electrons. The lowest BCUT2D eigenvalue weighted by Crippen LogP contribution is -1.92. The van der Waals surface area contributed by atoms with Gasteiger partial charge in [0.05, 0.1) is 0 Å². The summed E-state index contributed by atoms with van der Waals surface area (Å²) in [5, 5.41) is 8.59. The minimum atomic E-state index is -0.502. The lowest BCUT2D eigenvalue weighted by Gasteiger charge is -1.75. The summed E-state index contributed by atoms with van der Waals surface area (Å²) < 4.78 is 0. The first-order chi connectivity index (χ1) is 3.27. The van der Waals surface area contributed by atoms with Crippen molar-refractivity contribution in [3.63, 3.8) is 0 Å². The van der Waals surface area contributed by atoms with Crippen LogP contribution in [0.2, 0.25) is 0 Å². The van der Waals surface area contributed by atoms with E-state index in [1.165, 1.54) is 0 Å². The normalized spacial score (nSPS) is 48.6. The second kappa shape index (κ2) is 1.28. The summed E-state index contributed by atoms with van der Waals surface area (Å²) in [4.78, 5) is 11.4. The Bertz CT molecular complexity index is 85.7. The third-order valence-electron chi connectivity index (χ3n) is 1.24. The van der Waals surface area contributed by atoms with Crippen LogP contribution in [0.3, 0.4) is 0 Å². The summed E-state index contributed by atoms with van der Waals surface area (Å²) in [5.74, 6) is 0. The Kier molecular flexibility index (Phi) is 0.867. The zero-order chi connectivity index (χ0) is 5.44. The fourth-order valence-corrected chi connectivity index (χ4v) is 0.512. The number of hydrogen-bond acceptors (Lipinski definition) is 3. The maximum absolute atomic E-state index is 9.79. The smallest absolute Gasteiger partial charge is 0.141 e. The van der Waals surface area contributed by atoms with E-state index in [1.54, 1.807) is 11.9 Å². The highest BCUT2D eigenvalue weighted by Crippen LogP contribution is 2.18. The van der Waals surface area contributed by atoms with Gasteiger partial charge in [-0.05, 0) is 7.05 Å². The van der Waals surface area contributed by atoms with Crippen LogP contribution in [0.25, 0.3) is 0 Å². The number of hydrogen-bond donors (Lipinski definition) is 1. The van der Waals surface area contributed by atoms with Crippen LogP contribution in [-0.4, -0.2) is 35.6 Å². The molecule has 3 nitrogen and oxygen atoms in total. The molecule has 0 spiro atoms. The van der Waals surface area contributed by atoms with Crippen molar-refractivity contribution in [2.45, 2.75) is 12.3 Å². The number of rotatable bonds is 1. The van der Waals surface area contributed by atoms with Gasteiger partial charge in [0.15, 0.2) is 0 Å². The average Bonchev–Trinajstić information content (AvgIpc) is 2.17. The quantitative estimate of drug-likeness (QED) is 0.334. The summed E-state index contributed by atoms with van der Waals surface area (Å²) >= 11 is 0. The SMILES string of the molecule is CN1[C@H](O)[C@@H]1C=O. The summed E-state index contributed by atoms with van der Waals surface area (Å²) in [6.45, 7) is 0. The van der Waals surface area contributed by atoms with E-state index in [-0.39, 0.29) is 6.04 Å². The van der Waals surface area contributed by atoms with Crippen LogP contribution in [0.15, 0.2) is 0 Å². The molecular weight excluding hydrogens is 94.0 g/mol. The molecule has 0 aromatic carbocycles. The maximum Gasteiger partial charge on any atom is 0.141 e. The number of carbonyl (C=O) groups is 1. The molecule has 0 aromatic rings. The monoisotopic (exact) mass is 101 g/mol. The molecular formula is C4H7NO2. The van der Waals surface area contributed by atoms with E-state index in [1.807, 2.05) is 0 Å². The van der Waals surface area contributed by atoms with Gasteiger partial charge in [0.1, 0.15) is 18.6 Å². The van der Waals surface area contributed by atoms with E-state index in [0.29, 0.717) is 0 Å². The molecule has 0 bridgehead atoms. The van der Waals surface area contributed by atoms with Gasteiger partial charge in [-0.25, -0.2) is 0 Å². The van der Waals surface area contributed by atoms with Gasteiger partial charge < -0.3 is 9.90 Å².